The summed E-state index contributed by atoms with van der Waals surface area (Å²) in [6, 6.07) is 3.44. The SMILES string of the molecule is CC1(C)CN(c2cc3c(cc2F)c(=O)c(OC(=O)O)cn3C2CC2)C2CCN1C2. The smallest absolute Gasteiger partial charge is 0.449 e. The number of halogens is 1. The van der Waals surface area contributed by atoms with Gasteiger partial charge in [-0.15, -0.1) is 0 Å². The van der Waals surface area contributed by atoms with Crippen LogP contribution in [0.2, 0.25) is 0 Å². The number of hydrogen-bond acceptors (Lipinski definition) is 5. The number of carbonyl (C=O) groups is 1. The van der Waals surface area contributed by atoms with Crippen molar-refractivity contribution in [2.45, 2.75) is 50.7 Å². The molecule has 2 saturated heterocycles. The Bertz CT molecular complexity index is 1080. The minimum atomic E-state index is -1.55. The van der Waals surface area contributed by atoms with E-state index >= 15 is 4.39 Å². The van der Waals surface area contributed by atoms with Gasteiger partial charge in [0, 0.05) is 37.3 Å². The van der Waals surface area contributed by atoms with Crippen molar-refractivity contribution in [1.82, 2.24) is 9.47 Å². The number of ether oxygens (including phenoxy) is 1. The van der Waals surface area contributed by atoms with Crippen molar-refractivity contribution in [3.8, 4) is 5.75 Å². The molecule has 3 fully saturated rings. The summed E-state index contributed by atoms with van der Waals surface area (Å²) in [5.74, 6) is -0.741. The predicted molar refractivity (Wildman–Crippen MR) is 106 cm³/mol. The molecule has 1 N–H and O–H groups in total. The normalized spacial score (nSPS) is 25.4. The Hall–Kier alpha value is -2.61. The molecule has 1 aliphatic carbocycles. The average Bonchev–Trinajstić information content (AvgIpc) is 3.38. The molecule has 29 heavy (non-hydrogen) atoms. The molecule has 2 aliphatic heterocycles. The third-order valence-electron chi connectivity index (χ3n) is 6.53. The molecule has 154 valence electrons. The number of carboxylic acid groups (broad SMARTS) is 1. The molecule has 2 atom stereocenters. The number of rotatable bonds is 3. The summed E-state index contributed by atoms with van der Waals surface area (Å²) < 4.78 is 21.8. The van der Waals surface area contributed by atoms with Crippen LogP contribution >= 0.6 is 0 Å². The Morgan fingerprint density at radius 3 is 2.69 bits per heavy atom. The number of piperazine rings is 1. The van der Waals surface area contributed by atoms with Gasteiger partial charge in [-0.25, -0.2) is 9.18 Å². The molecule has 7 nitrogen and oxygen atoms in total. The Morgan fingerprint density at radius 2 is 2.00 bits per heavy atom. The molecule has 2 unspecified atom stereocenters. The summed E-state index contributed by atoms with van der Waals surface area (Å²) >= 11 is 0. The van der Waals surface area contributed by atoms with E-state index in [0.29, 0.717) is 17.7 Å². The molecule has 1 aromatic heterocycles. The number of nitrogens with zero attached hydrogens (tertiary/aromatic N) is 3. The fourth-order valence-electron chi connectivity index (χ4n) is 4.85. The van der Waals surface area contributed by atoms with E-state index in [1.807, 2.05) is 4.57 Å². The number of benzene rings is 1. The zero-order valence-electron chi connectivity index (χ0n) is 16.5. The number of aromatic nitrogens is 1. The minimum absolute atomic E-state index is 0.0518. The molecule has 8 heteroatoms. The number of hydrogen-bond donors (Lipinski definition) is 1. The van der Waals surface area contributed by atoms with Crippen LogP contribution in [0.3, 0.4) is 0 Å². The van der Waals surface area contributed by atoms with Gasteiger partial charge in [-0.2, -0.15) is 0 Å². The van der Waals surface area contributed by atoms with Gasteiger partial charge < -0.3 is 19.3 Å². The fourth-order valence-corrected chi connectivity index (χ4v) is 4.85. The molecular weight excluding hydrogens is 377 g/mol. The summed E-state index contributed by atoms with van der Waals surface area (Å²) in [5.41, 5.74) is 0.488. The number of pyridine rings is 1. The standard InChI is InChI=1S/C21H24FN3O4/c1-21(2)11-25(13-5-6-23(21)9-13)17-8-16-14(7-15(17)22)19(26)18(29-20(27)28)10-24(16)12-3-4-12/h7-8,10,12-13H,3-6,9,11H2,1-2H3,(H,27,28). The topological polar surface area (TPSA) is 75.0 Å². The molecule has 0 radical (unpaired) electrons. The van der Waals surface area contributed by atoms with Crippen molar-refractivity contribution < 1.29 is 19.0 Å². The fraction of sp³-hybridized carbons (Fsp3) is 0.524. The highest BCUT2D eigenvalue weighted by molar-refractivity contribution is 5.85. The second kappa shape index (κ2) is 6.19. The van der Waals surface area contributed by atoms with Crippen molar-refractivity contribution in [2.24, 2.45) is 0 Å². The summed E-state index contributed by atoms with van der Waals surface area (Å²) in [6.45, 7) is 6.98. The van der Waals surface area contributed by atoms with Crippen LogP contribution in [-0.4, -0.2) is 51.9 Å². The van der Waals surface area contributed by atoms with Crippen LogP contribution < -0.4 is 15.1 Å². The quantitative estimate of drug-likeness (QED) is 0.796. The van der Waals surface area contributed by atoms with E-state index in [1.165, 1.54) is 12.3 Å². The Morgan fingerprint density at radius 1 is 1.24 bits per heavy atom. The van der Waals surface area contributed by atoms with Crippen LogP contribution in [0.1, 0.15) is 39.2 Å². The second-order valence-corrected chi connectivity index (χ2v) is 8.98. The monoisotopic (exact) mass is 401 g/mol. The van der Waals surface area contributed by atoms with E-state index in [1.54, 1.807) is 6.07 Å². The predicted octanol–water partition coefficient (Wildman–Crippen LogP) is 3.21. The summed E-state index contributed by atoms with van der Waals surface area (Å²) in [7, 11) is 0. The van der Waals surface area contributed by atoms with Gasteiger partial charge in [-0.1, -0.05) is 0 Å². The number of fused-ring (bicyclic) bond motifs is 3. The van der Waals surface area contributed by atoms with Crippen LogP contribution in [0.5, 0.6) is 5.75 Å². The lowest BCUT2D eigenvalue weighted by atomic mass is 9.98. The van der Waals surface area contributed by atoms with Crippen LogP contribution in [0.4, 0.5) is 14.9 Å². The Labute approximate surface area is 167 Å². The van der Waals surface area contributed by atoms with Gasteiger partial charge in [0.2, 0.25) is 5.43 Å². The zero-order valence-corrected chi connectivity index (χ0v) is 16.5. The van der Waals surface area contributed by atoms with Crippen molar-refractivity contribution in [2.75, 3.05) is 24.5 Å². The van der Waals surface area contributed by atoms with Gasteiger partial charge in [0.05, 0.1) is 22.8 Å². The van der Waals surface area contributed by atoms with Crippen LogP contribution in [0.15, 0.2) is 23.1 Å². The van der Waals surface area contributed by atoms with Gasteiger partial charge in [0.1, 0.15) is 5.82 Å². The first-order valence-corrected chi connectivity index (χ1v) is 10.1. The number of anilines is 1. The summed E-state index contributed by atoms with van der Waals surface area (Å²) in [4.78, 5) is 28.3. The van der Waals surface area contributed by atoms with E-state index in [0.717, 1.165) is 32.4 Å². The first-order valence-electron chi connectivity index (χ1n) is 10.1. The molecule has 2 aromatic rings. The maximum absolute atomic E-state index is 15.2. The lowest BCUT2D eigenvalue weighted by Crippen LogP contribution is -2.58. The molecule has 0 amide bonds. The first-order chi connectivity index (χ1) is 13.7. The zero-order chi connectivity index (χ0) is 20.5. The van der Waals surface area contributed by atoms with E-state index < -0.39 is 17.4 Å². The largest absolute Gasteiger partial charge is 0.511 e. The van der Waals surface area contributed by atoms with Crippen LogP contribution in [0.25, 0.3) is 10.9 Å². The van der Waals surface area contributed by atoms with Gasteiger partial charge >= 0.3 is 6.16 Å². The third-order valence-corrected chi connectivity index (χ3v) is 6.53. The summed E-state index contributed by atoms with van der Waals surface area (Å²) in [6.07, 6.45) is 2.76. The van der Waals surface area contributed by atoms with Crippen molar-refractivity contribution >= 4 is 22.7 Å². The van der Waals surface area contributed by atoms with E-state index in [2.05, 4.69) is 28.4 Å². The highest BCUT2D eigenvalue weighted by atomic mass is 19.1. The van der Waals surface area contributed by atoms with E-state index in [-0.39, 0.29) is 28.8 Å². The van der Waals surface area contributed by atoms with Gasteiger partial charge in [0.15, 0.2) is 5.75 Å². The van der Waals surface area contributed by atoms with Gasteiger partial charge in [-0.3, -0.25) is 9.69 Å². The molecule has 5 rings (SSSR count). The maximum Gasteiger partial charge on any atom is 0.511 e. The van der Waals surface area contributed by atoms with Gasteiger partial charge in [0.25, 0.3) is 0 Å². The van der Waals surface area contributed by atoms with Gasteiger partial charge in [-0.05, 0) is 45.2 Å². The third kappa shape index (κ3) is 2.97. The molecule has 2 bridgehead atoms. The lowest BCUT2D eigenvalue weighted by molar-refractivity contribution is 0.136. The summed E-state index contributed by atoms with van der Waals surface area (Å²) in [5, 5.41) is 9.09. The molecule has 3 aliphatic rings. The second-order valence-electron chi connectivity index (χ2n) is 8.98. The van der Waals surface area contributed by atoms with Crippen molar-refractivity contribution in [3.63, 3.8) is 0 Å². The van der Waals surface area contributed by atoms with Crippen molar-refractivity contribution in [3.05, 3.63) is 34.4 Å². The molecular formula is C21H24FN3O4. The first kappa shape index (κ1) is 18.4. The average molecular weight is 401 g/mol. The highest BCUT2D eigenvalue weighted by Crippen LogP contribution is 2.40. The van der Waals surface area contributed by atoms with Crippen LogP contribution in [-0.2, 0) is 0 Å². The van der Waals surface area contributed by atoms with E-state index in [9.17, 15) is 9.59 Å². The highest BCUT2D eigenvalue weighted by Gasteiger charge is 2.44. The molecule has 3 heterocycles. The lowest BCUT2D eigenvalue weighted by Gasteiger charge is -2.46. The van der Waals surface area contributed by atoms with E-state index in [4.69, 9.17) is 5.11 Å². The maximum atomic E-state index is 15.2. The van der Waals surface area contributed by atoms with Crippen molar-refractivity contribution in [1.29, 1.82) is 0 Å². The Kier molecular flexibility index (Phi) is 3.93. The Balaban J connectivity index is 1.67. The molecule has 1 aromatic carbocycles. The molecule has 1 saturated carbocycles. The molecule has 0 spiro atoms. The van der Waals surface area contributed by atoms with Crippen LogP contribution in [0, 0.1) is 5.82 Å². The minimum Gasteiger partial charge on any atom is -0.449 e.